The molecule has 2 atom stereocenters. The van der Waals surface area contributed by atoms with E-state index in [4.69, 9.17) is 0 Å². The number of amides is 2. The molecule has 2 amide bonds. The average Bonchev–Trinajstić information content (AvgIpc) is 2.61. The summed E-state index contributed by atoms with van der Waals surface area (Å²) >= 11 is 0. The number of hydrogen-bond acceptors (Lipinski definition) is 3. The van der Waals surface area contributed by atoms with Crippen LogP contribution in [0.3, 0.4) is 0 Å². The van der Waals surface area contributed by atoms with Gasteiger partial charge in [0.15, 0.2) is 0 Å². The van der Waals surface area contributed by atoms with Gasteiger partial charge in [-0.2, -0.15) is 13.2 Å². The lowest BCUT2D eigenvalue weighted by Crippen LogP contribution is -2.54. The largest absolute Gasteiger partial charge is 0.416 e. The van der Waals surface area contributed by atoms with Crippen LogP contribution in [0.4, 0.5) is 13.2 Å². The first-order valence-electron chi connectivity index (χ1n) is 8.29. The van der Waals surface area contributed by atoms with E-state index in [1.54, 1.807) is 0 Å². The van der Waals surface area contributed by atoms with Crippen LogP contribution in [0, 0.1) is 0 Å². The highest BCUT2D eigenvalue weighted by atomic mass is 19.4. The topological polar surface area (TPSA) is 61.4 Å². The number of carbonyl (C=O) groups excluding carboxylic acids is 2. The molecule has 0 aliphatic carbocycles. The highest BCUT2D eigenvalue weighted by Gasteiger charge is 2.34. The van der Waals surface area contributed by atoms with Crippen LogP contribution in [0.15, 0.2) is 36.9 Å². The molecule has 26 heavy (non-hydrogen) atoms. The van der Waals surface area contributed by atoms with Crippen LogP contribution >= 0.6 is 0 Å². The fraction of sp³-hybridized carbons (Fsp3) is 0.444. The first kappa shape index (κ1) is 20.0. The lowest BCUT2D eigenvalue weighted by Gasteiger charge is -2.38. The number of alkyl halides is 3. The van der Waals surface area contributed by atoms with Crippen molar-refractivity contribution < 1.29 is 22.8 Å². The quantitative estimate of drug-likeness (QED) is 0.782. The molecule has 142 valence electrons. The first-order valence-corrected chi connectivity index (χ1v) is 8.29. The zero-order valence-electron chi connectivity index (χ0n) is 14.5. The number of hydrogen-bond donors (Lipinski definition) is 2. The minimum absolute atomic E-state index is 0.147. The highest BCUT2D eigenvalue weighted by molar-refractivity contribution is 5.87. The number of carbonyl (C=O) groups is 2. The Morgan fingerprint density at radius 2 is 1.96 bits per heavy atom. The van der Waals surface area contributed by atoms with Gasteiger partial charge in [0.1, 0.15) is 0 Å². The number of nitrogens with zero attached hydrogens (tertiary/aromatic N) is 1. The molecule has 0 spiro atoms. The number of halogens is 3. The summed E-state index contributed by atoms with van der Waals surface area (Å²) in [6.45, 7) is 4.31. The molecule has 1 fully saturated rings. The first-order chi connectivity index (χ1) is 12.2. The summed E-state index contributed by atoms with van der Waals surface area (Å²) in [4.78, 5) is 25.6. The monoisotopic (exact) mass is 369 g/mol. The van der Waals surface area contributed by atoms with Gasteiger partial charge in [0.25, 0.3) is 0 Å². The summed E-state index contributed by atoms with van der Waals surface area (Å²) in [7, 11) is 1.53. The van der Waals surface area contributed by atoms with E-state index in [9.17, 15) is 22.8 Å². The third-order valence-electron chi connectivity index (χ3n) is 4.46. The van der Waals surface area contributed by atoms with Crippen LogP contribution in [-0.4, -0.2) is 42.4 Å². The van der Waals surface area contributed by atoms with E-state index in [0.29, 0.717) is 31.5 Å². The van der Waals surface area contributed by atoms with Crippen molar-refractivity contribution in [3.8, 4) is 0 Å². The second-order valence-corrected chi connectivity index (χ2v) is 6.23. The maximum absolute atomic E-state index is 12.7. The van der Waals surface area contributed by atoms with Crippen LogP contribution < -0.4 is 10.6 Å². The van der Waals surface area contributed by atoms with Crippen molar-refractivity contribution >= 4 is 11.8 Å². The van der Waals surface area contributed by atoms with Crippen LogP contribution in [0.25, 0.3) is 0 Å². The molecule has 1 aliphatic heterocycles. The molecule has 8 heteroatoms. The number of piperidine rings is 1. The molecule has 5 nitrogen and oxygen atoms in total. The van der Waals surface area contributed by atoms with Crippen molar-refractivity contribution in [1.29, 1.82) is 0 Å². The lowest BCUT2D eigenvalue weighted by molar-refractivity contribution is -0.137. The maximum Gasteiger partial charge on any atom is 0.416 e. The molecule has 1 saturated heterocycles. The Morgan fingerprint density at radius 3 is 2.50 bits per heavy atom. The molecule has 0 radical (unpaired) electrons. The number of likely N-dealkylation sites (N-methyl/N-ethyl adjacent to an activating group) is 1. The van der Waals surface area contributed by atoms with Crippen molar-refractivity contribution in [2.75, 3.05) is 13.6 Å². The Bertz CT molecular complexity index is 659. The second kappa shape index (κ2) is 8.35. The predicted molar refractivity (Wildman–Crippen MR) is 91.1 cm³/mol. The fourth-order valence-electron chi connectivity index (χ4n) is 3.07. The van der Waals surface area contributed by atoms with E-state index in [0.717, 1.165) is 12.1 Å². The van der Waals surface area contributed by atoms with Gasteiger partial charge < -0.3 is 10.6 Å². The van der Waals surface area contributed by atoms with E-state index in [1.807, 2.05) is 4.90 Å². The van der Waals surface area contributed by atoms with Gasteiger partial charge in [0.05, 0.1) is 11.6 Å². The van der Waals surface area contributed by atoms with E-state index < -0.39 is 17.8 Å². The van der Waals surface area contributed by atoms with Gasteiger partial charge in [-0.3, -0.25) is 14.5 Å². The minimum Gasteiger partial charge on any atom is -0.358 e. The Hall–Kier alpha value is -2.35. The Labute approximate surface area is 150 Å². The van der Waals surface area contributed by atoms with Crippen LogP contribution in [0.2, 0.25) is 0 Å². The van der Waals surface area contributed by atoms with Crippen molar-refractivity contribution in [3.63, 3.8) is 0 Å². The zero-order chi connectivity index (χ0) is 19.3. The summed E-state index contributed by atoms with van der Waals surface area (Å²) in [5, 5.41) is 5.40. The van der Waals surface area contributed by atoms with Gasteiger partial charge in [-0.05, 0) is 36.6 Å². The molecule has 2 N–H and O–H groups in total. The molecule has 1 aromatic rings. The molecule has 1 aliphatic rings. The average molecular weight is 369 g/mol. The van der Waals surface area contributed by atoms with Crippen molar-refractivity contribution in [2.24, 2.45) is 0 Å². The van der Waals surface area contributed by atoms with Crippen LogP contribution in [0.5, 0.6) is 0 Å². The van der Waals surface area contributed by atoms with Gasteiger partial charge in [-0.1, -0.05) is 18.7 Å². The van der Waals surface area contributed by atoms with Gasteiger partial charge in [-0.15, -0.1) is 0 Å². The number of rotatable bonds is 5. The molecule has 0 bridgehead atoms. The van der Waals surface area contributed by atoms with Gasteiger partial charge in [0.2, 0.25) is 11.8 Å². The smallest absolute Gasteiger partial charge is 0.358 e. The van der Waals surface area contributed by atoms with Crippen molar-refractivity contribution in [3.05, 3.63) is 48.0 Å². The predicted octanol–water partition coefficient (Wildman–Crippen LogP) is 2.09. The molecular formula is C18H22F3N3O2. The van der Waals surface area contributed by atoms with E-state index >= 15 is 0 Å². The second-order valence-electron chi connectivity index (χ2n) is 6.23. The van der Waals surface area contributed by atoms with Crippen LogP contribution in [-0.2, 0) is 22.3 Å². The summed E-state index contributed by atoms with van der Waals surface area (Å²) in [6.07, 6.45) is -2.11. The van der Waals surface area contributed by atoms with E-state index in [-0.39, 0.29) is 17.9 Å². The summed E-state index contributed by atoms with van der Waals surface area (Å²) < 4.78 is 38.0. The highest BCUT2D eigenvalue weighted by Crippen LogP contribution is 2.29. The third-order valence-corrected chi connectivity index (χ3v) is 4.46. The fourth-order valence-corrected chi connectivity index (χ4v) is 3.07. The number of likely N-dealkylation sites (tertiary alicyclic amines) is 1. The zero-order valence-corrected chi connectivity index (χ0v) is 14.5. The van der Waals surface area contributed by atoms with Crippen LogP contribution in [0.1, 0.15) is 24.0 Å². The normalized spacial score (nSPS) is 21.1. The Morgan fingerprint density at radius 1 is 1.31 bits per heavy atom. The van der Waals surface area contributed by atoms with Gasteiger partial charge in [0, 0.05) is 26.2 Å². The maximum atomic E-state index is 12.7. The van der Waals surface area contributed by atoms with Gasteiger partial charge >= 0.3 is 6.18 Å². The Kier molecular flexibility index (Phi) is 6.42. The molecule has 0 saturated carbocycles. The standard InChI is InChI=1S/C18H22F3N3O2/c1-3-16(25)23-14-8-9-24(15(10-14)17(26)22-2)11-12-4-6-13(7-5-12)18(19,20)21/h3-7,14-15H,1,8-11H2,2H3,(H,22,26)(H,23,25)/t14?,15-/m0/s1. The third kappa shape index (κ3) is 5.08. The summed E-state index contributed by atoms with van der Waals surface area (Å²) in [6, 6.07) is 4.32. The van der Waals surface area contributed by atoms with E-state index in [2.05, 4.69) is 17.2 Å². The minimum atomic E-state index is -4.37. The number of nitrogens with one attached hydrogen (secondary N) is 2. The van der Waals surface area contributed by atoms with Gasteiger partial charge in [-0.25, -0.2) is 0 Å². The summed E-state index contributed by atoms with van der Waals surface area (Å²) in [5.41, 5.74) is -0.00423. The van der Waals surface area contributed by atoms with Crippen molar-refractivity contribution in [1.82, 2.24) is 15.5 Å². The molecule has 0 aromatic heterocycles. The molecule has 1 aromatic carbocycles. The summed E-state index contributed by atoms with van der Waals surface area (Å²) in [5.74, 6) is -0.476. The molecule has 2 rings (SSSR count). The Balaban J connectivity index is 2.08. The molecular weight excluding hydrogens is 347 g/mol. The molecule has 1 heterocycles. The lowest BCUT2D eigenvalue weighted by atomic mass is 9.95. The SMILES string of the molecule is C=CC(=O)NC1CCN(Cc2ccc(C(F)(F)F)cc2)[C@H](C(=O)NC)C1. The molecule has 1 unspecified atom stereocenters. The number of benzene rings is 1. The van der Waals surface area contributed by atoms with Crippen molar-refractivity contribution in [2.45, 2.75) is 37.6 Å². The van der Waals surface area contributed by atoms with E-state index in [1.165, 1.54) is 25.3 Å².